The molecule has 0 aliphatic carbocycles. The third-order valence-electron chi connectivity index (χ3n) is 4.97. The van der Waals surface area contributed by atoms with E-state index in [4.69, 9.17) is 0 Å². The first kappa shape index (κ1) is 15.6. The Labute approximate surface area is 147 Å². The summed E-state index contributed by atoms with van der Waals surface area (Å²) in [5, 5.41) is 0. The number of H-pyrrole nitrogens is 1. The first-order valence-electron chi connectivity index (χ1n) is 8.66. The van der Waals surface area contributed by atoms with E-state index in [1.54, 1.807) is 6.33 Å². The Morgan fingerprint density at radius 3 is 2.32 bits per heavy atom. The van der Waals surface area contributed by atoms with Gasteiger partial charge in [0.1, 0.15) is 0 Å². The van der Waals surface area contributed by atoms with Gasteiger partial charge in [0.25, 0.3) is 0 Å². The number of likely N-dealkylation sites (tertiary alicyclic amines) is 1. The molecule has 4 rings (SSSR count). The lowest BCUT2D eigenvalue weighted by molar-refractivity contribution is -0.131. The molecule has 25 heavy (non-hydrogen) atoms. The SMILES string of the molecule is O=C1[C@@H](Cc2ccccc2)[C@H](c2cnc[nH]2)CN1Cc1ccccc1. The van der Waals surface area contributed by atoms with E-state index >= 15 is 0 Å². The first-order chi connectivity index (χ1) is 12.3. The average Bonchev–Trinajstić information content (AvgIpc) is 3.28. The van der Waals surface area contributed by atoms with Gasteiger partial charge >= 0.3 is 0 Å². The Morgan fingerprint density at radius 2 is 1.68 bits per heavy atom. The zero-order valence-corrected chi connectivity index (χ0v) is 14.0. The largest absolute Gasteiger partial charge is 0.348 e. The van der Waals surface area contributed by atoms with Crippen molar-refractivity contribution in [3.63, 3.8) is 0 Å². The highest BCUT2D eigenvalue weighted by atomic mass is 16.2. The molecule has 1 fully saturated rings. The quantitative estimate of drug-likeness (QED) is 0.779. The van der Waals surface area contributed by atoms with Crippen LogP contribution in [0.25, 0.3) is 0 Å². The van der Waals surface area contributed by atoms with Crippen LogP contribution in [0.3, 0.4) is 0 Å². The van der Waals surface area contributed by atoms with Crippen molar-refractivity contribution >= 4 is 5.91 Å². The molecule has 3 aromatic rings. The topological polar surface area (TPSA) is 49.0 Å². The summed E-state index contributed by atoms with van der Waals surface area (Å²) >= 11 is 0. The molecule has 1 aliphatic heterocycles. The van der Waals surface area contributed by atoms with Gasteiger partial charge in [0.2, 0.25) is 5.91 Å². The number of rotatable bonds is 5. The Morgan fingerprint density at radius 1 is 1.00 bits per heavy atom. The van der Waals surface area contributed by atoms with Crippen LogP contribution in [0, 0.1) is 5.92 Å². The molecule has 0 spiro atoms. The molecular formula is C21H21N3O. The minimum Gasteiger partial charge on any atom is -0.348 e. The number of hydrogen-bond donors (Lipinski definition) is 1. The van der Waals surface area contributed by atoms with Crippen molar-refractivity contribution < 1.29 is 4.79 Å². The number of imidazole rings is 1. The van der Waals surface area contributed by atoms with Crippen molar-refractivity contribution in [1.82, 2.24) is 14.9 Å². The van der Waals surface area contributed by atoms with Crippen molar-refractivity contribution in [3.05, 3.63) is 90.0 Å². The van der Waals surface area contributed by atoms with E-state index in [9.17, 15) is 4.79 Å². The van der Waals surface area contributed by atoms with E-state index in [-0.39, 0.29) is 17.7 Å². The number of aromatic nitrogens is 2. The molecule has 0 radical (unpaired) electrons. The fourth-order valence-electron chi connectivity index (χ4n) is 3.69. The highest BCUT2D eigenvalue weighted by Gasteiger charge is 2.41. The van der Waals surface area contributed by atoms with Crippen LogP contribution in [0.5, 0.6) is 0 Å². The van der Waals surface area contributed by atoms with Gasteiger partial charge in [-0.05, 0) is 17.5 Å². The fourth-order valence-corrected chi connectivity index (χ4v) is 3.69. The number of aromatic amines is 1. The third-order valence-corrected chi connectivity index (χ3v) is 4.97. The summed E-state index contributed by atoms with van der Waals surface area (Å²) in [6, 6.07) is 20.4. The van der Waals surface area contributed by atoms with Crippen LogP contribution < -0.4 is 0 Å². The Balaban J connectivity index is 1.59. The van der Waals surface area contributed by atoms with Crippen LogP contribution in [0.1, 0.15) is 22.7 Å². The molecule has 1 N–H and O–H groups in total. The summed E-state index contributed by atoms with van der Waals surface area (Å²) in [5.74, 6) is 0.331. The maximum absolute atomic E-state index is 13.1. The normalized spacial score (nSPS) is 20.2. The van der Waals surface area contributed by atoms with E-state index in [1.807, 2.05) is 47.5 Å². The van der Waals surface area contributed by atoms with E-state index in [0.29, 0.717) is 6.54 Å². The van der Waals surface area contributed by atoms with Crippen molar-refractivity contribution in [2.45, 2.75) is 18.9 Å². The zero-order valence-electron chi connectivity index (χ0n) is 14.0. The monoisotopic (exact) mass is 331 g/mol. The number of nitrogens with zero attached hydrogens (tertiary/aromatic N) is 2. The minimum absolute atomic E-state index is 0.0495. The summed E-state index contributed by atoms with van der Waals surface area (Å²) < 4.78 is 0. The smallest absolute Gasteiger partial charge is 0.227 e. The molecule has 1 aliphatic rings. The number of benzene rings is 2. The predicted molar refractivity (Wildman–Crippen MR) is 96.8 cm³/mol. The van der Waals surface area contributed by atoms with Gasteiger partial charge in [0.15, 0.2) is 0 Å². The molecule has 0 saturated carbocycles. The van der Waals surface area contributed by atoms with Crippen molar-refractivity contribution in [3.8, 4) is 0 Å². The number of nitrogens with one attached hydrogen (secondary N) is 1. The van der Waals surface area contributed by atoms with Crippen LogP contribution in [-0.4, -0.2) is 27.3 Å². The molecular weight excluding hydrogens is 310 g/mol. The molecule has 1 amide bonds. The molecule has 2 atom stereocenters. The third kappa shape index (κ3) is 3.33. The number of carbonyl (C=O) groups is 1. The molecule has 2 aromatic carbocycles. The van der Waals surface area contributed by atoms with E-state index in [0.717, 1.165) is 18.7 Å². The standard InChI is InChI=1S/C21H21N3O/c25-21-18(11-16-7-3-1-4-8-16)19(20-12-22-15-23-20)14-24(21)13-17-9-5-2-6-10-17/h1-10,12,15,18-19H,11,13-14H2,(H,22,23)/t18-,19+/m0/s1. The summed E-state index contributed by atoms with van der Waals surface area (Å²) in [6.07, 6.45) is 4.30. The van der Waals surface area contributed by atoms with Crippen molar-refractivity contribution in [2.75, 3.05) is 6.54 Å². The van der Waals surface area contributed by atoms with Gasteiger partial charge in [-0.3, -0.25) is 4.79 Å². The molecule has 1 saturated heterocycles. The Kier molecular flexibility index (Phi) is 4.34. The zero-order chi connectivity index (χ0) is 17.1. The van der Waals surface area contributed by atoms with E-state index < -0.39 is 0 Å². The summed E-state index contributed by atoms with van der Waals surface area (Å²) in [4.78, 5) is 22.5. The second-order valence-electron chi connectivity index (χ2n) is 6.61. The van der Waals surface area contributed by atoms with Gasteiger partial charge < -0.3 is 9.88 Å². The second kappa shape index (κ2) is 6.93. The summed E-state index contributed by atoms with van der Waals surface area (Å²) in [5.41, 5.74) is 3.41. The highest BCUT2D eigenvalue weighted by molar-refractivity contribution is 5.82. The molecule has 4 heteroatoms. The second-order valence-corrected chi connectivity index (χ2v) is 6.61. The molecule has 4 nitrogen and oxygen atoms in total. The van der Waals surface area contributed by atoms with Crippen LogP contribution in [0.15, 0.2) is 73.2 Å². The maximum atomic E-state index is 13.1. The van der Waals surface area contributed by atoms with Gasteiger partial charge in [-0.2, -0.15) is 0 Å². The summed E-state index contributed by atoms with van der Waals surface area (Å²) in [7, 11) is 0. The van der Waals surface area contributed by atoms with Crippen LogP contribution in [-0.2, 0) is 17.8 Å². The van der Waals surface area contributed by atoms with Gasteiger partial charge in [-0.15, -0.1) is 0 Å². The molecule has 126 valence electrons. The lowest BCUT2D eigenvalue weighted by Crippen LogP contribution is -2.27. The average molecular weight is 331 g/mol. The number of carbonyl (C=O) groups excluding carboxylic acids is 1. The fraction of sp³-hybridized carbons (Fsp3) is 0.238. The van der Waals surface area contributed by atoms with Crippen LogP contribution in [0.2, 0.25) is 0 Å². The highest BCUT2D eigenvalue weighted by Crippen LogP contribution is 2.35. The van der Waals surface area contributed by atoms with E-state index in [1.165, 1.54) is 11.1 Å². The molecule has 2 heterocycles. The molecule has 0 unspecified atom stereocenters. The van der Waals surface area contributed by atoms with Crippen LogP contribution >= 0.6 is 0 Å². The Hall–Kier alpha value is -2.88. The van der Waals surface area contributed by atoms with Gasteiger partial charge in [-0.1, -0.05) is 60.7 Å². The van der Waals surface area contributed by atoms with Gasteiger partial charge in [0.05, 0.1) is 12.2 Å². The maximum Gasteiger partial charge on any atom is 0.227 e. The van der Waals surface area contributed by atoms with Crippen molar-refractivity contribution in [2.24, 2.45) is 5.92 Å². The van der Waals surface area contributed by atoms with Gasteiger partial charge in [-0.25, -0.2) is 4.98 Å². The first-order valence-corrected chi connectivity index (χ1v) is 8.66. The predicted octanol–water partition coefficient (Wildman–Crippen LogP) is 3.39. The van der Waals surface area contributed by atoms with Crippen molar-refractivity contribution in [1.29, 1.82) is 0 Å². The lowest BCUT2D eigenvalue weighted by atomic mass is 9.87. The minimum atomic E-state index is -0.0495. The lowest BCUT2D eigenvalue weighted by Gasteiger charge is -2.16. The van der Waals surface area contributed by atoms with Gasteiger partial charge in [0, 0.05) is 30.9 Å². The molecule has 0 bridgehead atoms. The number of amides is 1. The Bertz CT molecular complexity index is 815. The van der Waals surface area contributed by atoms with Crippen LogP contribution in [0.4, 0.5) is 0 Å². The number of hydrogen-bond acceptors (Lipinski definition) is 2. The molecule has 1 aromatic heterocycles. The van der Waals surface area contributed by atoms with E-state index in [2.05, 4.69) is 34.2 Å². The summed E-state index contributed by atoms with van der Waals surface area (Å²) in [6.45, 7) is 1.39.